The third kappa shape index (κ3) is 5.33. The highest BCUT2D eigenvalue weighted by Crippen LogP contribution is 2.23. The molecule has 2 aromatic rings. The van der Waals surface area contributed by atoms with Gasteiger partial charge in [0.1, 0.15) is 0 Å². The van der Waals surface area contributed by atoms with E-state index < -0.39 is 0 Å². The minimum Gasteiger partial charge on any atom is -0.354 e. The number of nitrogens with zero attached hydrogens (tertiary/aromatic N) is 1. The Labute approximate surface area is 153 Å². The fourth-order valence-corrected chi connectivity index (χ4v) is 2.74. The monoisotopic (exact) mass is 358 g/mol. The molecular formula is C20H23ClN2O2. The first kappa shape index (κ1) is 19.0. The summed E-state index contributed by atoms with van der Waals surface area (Å²) >= 11 is 6.14. The molecule has 25 heavy (non-hydrogen) atoms. The van der Waals surface area contributed by atoms with Gasteiger partial charge in [-0.1, -0.05) is 41.9 Å². The van der Waals surface area contributed by atoms with E-state index in [0.717, 1.165) is 22.4 Å². The minimum absolute atomic E-state index is 0.0558. The van der Waals surface area contributed by atoms with E-state index in [1.54, 1.807) is 11.0 Å². The lowest BCUT2D eigenvalue weighted by atomic mass is 10.1. The van der Waals surface area contributed by atoms with Gasteiger partial charge < -0.3 is 10.2 Å². The van der Waals surface area contributed by atoms with Crippen LogP contribution in [-0.2, 0) is 16.0 Å². The molecule has 0 unspecified atom stereocenters. The highest BCUT2D eigenvalue weighted by atomic mass is 35.5. The van der Waals surface area contributed by atoms with Gasteiger partial charge in [-0.2, -0.15) is 0 Å². The Kier molecular flexibility index (Phi) is 6.59. The van der Waals surface area contributed by atoms with E-state index in [1.807, 2.05) is 50.2 Å². The largest absolute Gasteiger partial charge is 0.354 e. The average Bonchev–Trinajstić information content (AvgIpc) is 2.56. The van der Waals surface area contributed by atoms with E-state index in [9.17, 15) is 9.59 Å². The number of carbonyl (C=O) groups is 2. The fourth-order valence-electron chi connectivity index (χ4n) is 2.57. The molecule has 2 rings (SSSR count). The molecule has 0 spiro atoms. The number of halogens is 1. The van der Waals surface area contributed by atoms with E-state index in [-0.39, 0.29) is 11.8 Å². The zero-order valence-corrected chi connectivity index (χ0v) is 15.6. The first-order chi connectivity index (χ1) is 11.9. The number of anilines is 1. The summed E-state index contributed by atoms with van der Waals surface area (Å²) in [6, 6.07) is 13.3. The van der Waals surface area contributed by atoms with E-state index in [4.69, 9.17) is 11.6 Å². The number of hydrogen-bond acceptors (Lipinski definition) is 2. The molecule has 0 aliphatic rings. The van der Waals surface area contributed by atoms with Gasteiger partial charge in [-0.25, -0.2) is 0 Å². The number of aryl methyl sites for hydroxylation is 2. The Morgan fingerprint density at radius 1 is 1.08 bits per heavy atom. The van der Waals surface area contributed by atoms with Crippen molar-refractivity contribution in [1.29, 1.82) is 0 Å². The van der Waals surface area contributed by atoms with Crippen molar-refractivity contribution >= 4 is 29.1 Å². The van der Waals surface area contributed by atoms with Gasteiger partial charge in [0, 0.05) is 30.7 Å². The summed E-state index contributed by atoms with van der Waals surface area (Å²) in [5, 5.41) is 3.49. The molecule has 2 amide bonds. The highest BCUT2D eigenvalue weighted by Gasteiger charge is 2.13. The van der Waals surface area contributed by atoms with Crippen LogP contribution in [0.5, 0.6) is 0 Å². The average molecular weight is 359 g/mol. The zero-order chi connectivity index (χ0) is 18.4. The maximum absolute atomic E-state index is 12.1. The van der Waals surface area contributed by atoms with Crippen LogP contribution in [0.4, 0.5) is 5.69 Å². The molecule has 0 aromatic heterocycles. The topological polar surface area (TPSA) is 49.4 Å². The molecule has 0 saturated heterocycles. The Morgan fingerprint density at radius 2 is 1.80 bits per heavy atom. The van der Waals surface area contributed by atoms with Crippen LogP contribution in [0.2, 0.25) is 5.02 Å². The second-order valence-corrected chi connectivity index (χ2v) is 6.46. The van der Waals surface area contributed by atoms with Crippen LogP contribution in [0.15, 0.2) is 42.5 Å². The summed E-state index contributed by atoms with van der Waals surface area (Å²) in [5.41, 5.74) is 3.79. The molecule has 0 saturated carbocycles. The van der Waals surface area contributed by atoms with Crippen LogP contribution in [0.3, 0.4) is 0 Å². The van der Waals surface area contributed by atoms with Crippen molar-refractivity contribution in [2.24, 2.45) is 0 Å². The minimum atomic E-state index is -0.0897. The van der Waals surface area contributed by atoms with Crippen molar-refractivity contribution in [2.45, 2.75) is 27.2 Å². The van der Waals surface area contributed by atoms with Crippen LogP contribution in [0, 0.1) is 13.8 Å². The number of hydrogen-bond donors (Lipinski definition) is 1. The van der Waals surface area contributed by atoms with Crippen molar-refractivity contribution in [3.05, 3.63) is 64.2 Å². The van der Waals surface area contributed by atoms with E-state index in [0.29, 0.717) is 24.5 Å². The van der Waals surface area contributed by atoms with Crippen molar-refractivity contribution < 1.29 is 9.59 Å². The van der Waals surface area contributed by atoms with Crippen molar-refractivity contribution in [1.82, 2.24) is 5.32 Å². The first-order valence-electron chi connectivity index (χ1n) is 8.24. The normalized spacial score (nSPS) is 10.4. The Hall–Kier alpha value is -2.33. The summed E-state index contributed by atoms with van der Waals surface area (Å²) in [7, 11) is 0. The lowest BCUT2D eigenvalue weighted by Crippen LogP contribution is -2.38. The van der Waals surface area contributed by atoms with E-state index in [1.165, 1.54) is 6.92 Å². The second-order valence-electron chi connectivity index (χ2n) is 6.06. The number of amides is 2. The second kappa shape index (κ2) is 8.67. The quantitative estimate of drug-likeness (QED) is 0.856. The number of benzene rings is 2. The summed E-state index contributed by atoms with van der Waals surface area (Å²) in [6.07, 6.45) is 0.336. The molecule has 1 N–H and O–H groups in total. The van der Waals surface area contributed by atoms with E-state index in [2.05, 4.69) is 5.32 Å². The number of nitrogens with one attached hydrogen (secondary N) is 1. The van der Waals surface area contributed by atoms with Crippen LogP contribution in [0.25, 0.3) is 0 Å². The Morgan fingerprint density at radius 3 is 2.44 bits per heavy atom. The molecule has 5 heteroatoms. The first-order valence-corrected chi connectivity index (χ1v) is 8.61. The van der Waals surface area contributed by atoms with Crippen LogP contribution in [0.1, 0.15) is 23.6 Å². The molecule has 0 atom stereocenters. The third-order valence-electron chi connectivity index (χ3n) is 4.12. The smallest absolute Gasteiger partial charge is 0.224 e. The Bertz CT molecular complexity index is 774. The van der Waals surface area contributed by atoms with Crippen LogP contribution in [-0.4, -0.2) is 24.9 Å². The van der Waals surface area contributed by atoms with Gasteiger partial charge in [0.05, 0.1) is 6.42 Å². The lowest BCUT2D eigenvalue weighted by molar-refractivity contribution is -0.121. The van der Waals surface area contributed by atoms with Gasteiger partial charge >= 0.3 is 0 Å². The van der Waals surface area contributed by atoms with Gasteiger partial charge in [0.2, 0.25) is 11.8 Å². The molecule has 0 aliphatic carbocycles. The molecule has 0 radical (unpaired) electrons. The molecule has 0 bridgehead atoms. The van der Waals surface area contributed by atoms with Gasteiger partial charge in [-0.15, -0.1) is 0 Å². The summed E-state index contributed by atoms with van der Waals surface area (Å²) in [4.78, 5) is 25.6. The molecule has 0 fully saturated rings. The number of rotatable bonds is 6. The van der Waals surface area contributed by atoms with Crippen LogP contribution >= 0.6 is 11.6 Å². The van der Waals surface area contributed by atoms with Gasteiger partial charge in [0.15, 0.2) is 0 Å². The fraction of sp³-hybridized carbons (Fsp3) is 0.300. The van der Waals surface area contributed by atoms with Gasteiger partial charge in [-0.05, 0) is 42.7 Å². The third-order valence-corrected chi connectivity index (χ3v) is 4.52. The molecule has 4 nitrogen and oxygen atoms in total. The molecule has 0 aliphatic heterocycles. The Balaban J connectivity index is 1.93. The SMILES string of the molecule is CC(=O)N(CCNC(=O)Cc1ccccc1C)c1ccc(C)c(Cl)c1. The highest BCUT2D eigenvalue weighted by molar-refractivity contribution is 6.31. The van der Waals surface area contributed by atoms with E-state index >= 15 is 0 Å². The molecule has 132 valence electrons. The molecular weight excluding hydrogens is 336 g/mol. The standard InChI is InChI=1S/C20H23ClN2O2/c1-14-6-4-5-7-17(14)12-20(25)22-10-11-23(16(3)24)18-9-8-15(2)19(21)13-18/h4-9,13H,10-12H2,1-3H3,(H,22,25). The predicted octanol–water partition coefficient (Wildman–Crippen LogP) is 3.67. The number of carbonyl (C=O) groups excluding carboxylic acids is 2. The van der Waals surface area contributed by atoms with Gasteiger partial charge in [0.25, 0.3) is 0 Å². The lowest BCUT2D eigenvalue weighted by Gasteiger charge is -2.22. The summed E-state index contributed by atoms with van der Waals surface area (Å²) in [6.45, 7) is 6.18. The maximum atomic E-state index is 12.1. The summed E-state index contributed by atoms with van der Waals surface area (Å²) < 4.78 is 0. The van der Waals surface area contributed by atoms with Crippen LogP contribution < -0.4 is 10.2 Å². The van der Waals surface area contributed by atoms with Gasteiger partial charge in [-0.3, -0.25) is 9.59 Å². The van der Waals surface area contributed by atoms with Crippen molar-refractivity contribution in [3.63, 3.8) is 0 Å². The molecule has 0 heterocycles. The predicted molar refractivity (Wildman–Crippen MR) is 102 cm³/mol. The molecule has 2 aromatic carbocycles. The van der Waals surface area contributed by atoms with Crippen molar-refractivity contribution in [3.8, 4) is 0 Å². The summed E-state index contributed by atoms with van der Waals surface area (Å²) in [5.74, 6) is -0.146. The zero-order valence-electron chi connectivity index (χ0n) is 14.8. The maximum Gasteiger partial charge on any atom is 0.224 e. The van der Waals surface area contributed by atoms with Crippen molar-refractivity contribution in [2.75, 3.05) is 18.0 Å².